The van der Waals surface area contributed by atoms with E-state index in [1.165, 1.54) is 25.7 Å². The van der Waals surface area contributed by atoms with Crippen molar-refractivity contribution in [1.29, 1.82) is 0 Å². The maximum absolute atomic E-state index is 5.50. The molecule has 0 atom stereocenters. The zero-order valence-corrected chi connectivity index (χ0v) is 16.3. The summed E-state index contributed by atoms with van der Waals surface area (Å²) in [7, 11) is 0. The normalized spacial score (nSPS) is 18.4. The standard InChI is InChI=1S/C20H28N6O/c1-15-13-16(2)21-14-17(15)18-22-19(25-7-5-3-4-6-8-25)24-20(23-18)26-9-11-27-12-10-26/h13-14H,3-12H2,1-2H3. The second-order valence-electron chi connectivity index (χ2n) is 7.40. The molecule has 2 aliphatic heterocycles. The molecule has 0 unspecified atom stereocenters. The van der Waals surface area contributed by atoms with Gasteiger partial charge in [0.25, 0.3) is 0 Å². The maximum Gasteiger partial charge on any atom is 0.230 e. The molecule has 0 aromatic carbocycles. The van der Waals surface area contributed by atoms with Crippen molar-refractivity contribution in [2.75, 3.05) is 49.2 Å². The molecule has 2 fully saturated rings. The van der Waals surface area contributed by atoms with Gasteiger partial charge in [0.05, 0.1) is 13.2 Å². The van der Waals surface area contributed by atoms with E-state index in [1.54, 1.807) is 0 Å². The summed E-state index contributed by atoms with van der Waals surface area (Å²) in [6, 6.07) is 2.08. The number of anilines is 2. The molecule has 2 aromatic rings. The van der Waals surface area contributed by atoms with Crippen molar-refractivity contribution >= 4 is 11.9 Å². The molecule has 0 saturated carbocycles. The first-order valence-corrected chi connectivity index (χ1v) is 9.98. The Bertz CT molecular complexity index is 782. The van der Waals surface area contributed by atoms with Crippen LogP contribution in [-0.2, 0) is 4.74 Å². The van der Waals surface area contributed by atoms with Crippen LogP contribution in [0.25, 0.3) is 11.4 Å². The van der Waals surface area contributed by atoms with E-state index >= 15 is 0 Å². The lowest BCUT2D eigenvalue weighted by atomic mass is 10.1. The molecule has 4 heterocycles. The molecule has 2 aliphatic rings. The Labute approximate surface area is 160 Å². The van der Waals surface area contributed by atoms with E-state index in [4.69, 9.17) is 19.7 Å². The lowest BCUT2D eigenvalue weighted by Crippen LogP contribution is -2.38. The van der Waals surface area contributed by atoms with Gasteiger partial charge < -0.3 is 14.5 Å². The van der Waals surface area contributed by atoms with Gasteiger partial charge in [-0.15, -0.1) is 0 Å². The van der Waals surface area contributed by atoms with Gasteiger partial charge in [-0.1, -0.05) is 12.8 Å². The highest BCUT2D eigenvalue weighted by molar-refractivity contribution is 5.61. The van der Waals surface area contributed by atoms with Gasteiger partial charge in [0.2, 0.25) is 11.9 Å². The maximum atomic E-state index is 5.50. The minimum absolute atomic E-state index is 0.713. The SMILES string of the molecule is Cc1cc(C)c(-c2nc(N3CCCCCC3)nc(N3CCOCC3)n2)cn1. The zero-order valence-electron chi connectivity index (χ0n) is 16.3. The van der Waals surface area contributed by atoms with Crippen molar-refractivity contribution in [2.24, 2.45) is 0 Å². The molecule has 144 valence electrons. The third-order valence-electron chi connectivity index (χ3n) is 5.28. The molecule has 7 heteroatoms. The van der Waals surface area contributed by atoms with Gasteiger partial charge in [-0.2, -0.15) is 15.0 Å². The van der Waals surface area contributed by atoms with Crippen LogP contribution in [0.4, 0.5) is 11.9 Å². The van der Waals surface area contributed by atoms with Gasteiger partial charge in [-0.05, 0) is 38.3 Å². The number of hydrogen-bond acceptors (Lipinski definition) is 7. The first kappa shape index (κ1) is 18.1. The molecule has 7 nitrogen and oxygen atoms in total. The second-order valence-corrected chi connectivity index (χ2v) is 7.40. The molecule has 0 spiro atoms. The molecule has 0 radical (unpaired) electrons. The van der Waals surface area contributed by atoms with E-state index in [1.807, 2.05) is 13.1 Å². The van der Waals surface area contributed by atoms with E-state index in [2.05, 4.69) is 27.8 Å². The summed E-state index contributed by atoms with van der Waals surface area (Å²) in [6.07, 6.45) is 6.84. The number of aryl methyl sites for hydroxylation is 2. The van der Waals surface area contributed by atoms with Crippen LogP contribution in [0, 0.1) is 13.8 Å². The number of aromatic nitrogens is 4. The van der Waals surface area contributed by atoms with Crippen LogP contribution < -0.4 is 9.80 Å². The number of pyridine rings is 1. The fourth-order valence-electron chi connectivity index (χ4n) is 3.72. The lowest BCUT2D eigenvalue weighted by Gasteiger charge is -2.28. The van der Waals surface area contributed by atoms with Crippen molar-refractivity contribution < 1.29 is 4.74 Å². The zero-order chi connectivity index (χ0) is 18.6. The van der Waals surface area contributed by atoms with Gasteiger partial charge in [0.15, 0.2) is 5.82 Å². The highest BCUT2D eigenvalue weighted by atomic mass is 16.5. The topological polar surface area (TPSA) is 67.3 Å². The number of nitrogens with zero attached hydrogens (tertiary/aromatic N) is 6. The molecule has 4 rings (SSSR count). The summed E-state index contributed by atoms with van der Waals surface area (Å²) in [5.41, 5.74) is 3.13. The van der Waals surface area contributed by atoms with Crippen molar-refractivity contribution in [1.82, 2.24) is 19.9 Å². The Hall–Kier alpha value is -2.28. The van der Waals surface area contributed by atoms with Gasteiger partial charge in [-0.3, -0.25) is 4.98 Å². The molecule has 2 saturated heterocycles. The molecular weight excluding hydrogens is 340 g/mol. The Morgan fingerprint density at radius 2 is 1.44 bits per heavy atom. The second kappa shape index (κ2) is 8.17. The minimum Gasteiger partial charge on any atom is -0.378 e. The monoisotopic (exact) mass is 368 g/mol. The number of ether oxygens (including phenoxy) is 1. The van der Waals surface area contributed by atoms with E-state index in [0.29, 0.717) is 13.2 Å². The Kier molecular flexibility index (Phi) is 5.48. The smallest absolute Gasteiger partial charge is 0.230 e. The van der Waals surface area contributed by atoms with Crippen molar-refractivity contribution in [3.05, 3.63) is 23.5 Å². The van der Waals surface area contributed by atoms with E-state index in [0.717, 1.165) is 60.7 Å². The molecule has 0 N–H and O–H groups in total. The number of rotatable bonds is 3. The summed E-state index contributed by atoms with van der Waals surface area (Å²) >= 11 is 0. The highest BCUT2D eigenvalue weighted by Gasteiger charge is 2.21. The van der Waals surface area contributed by atoms with Crippen LogP contribution in [-0.4, -0.2) is 59.3 Å². The van der Waals surface area contributed by atoms with Crippen LogP contribution in [0.2, 0.25) is 0 Å². The minimum atomic E-state index is 0.713. The fraction of sp³-hybridized carbons (Fsp3) is 0.600. The summed E-state index contributed by atoms with van der Waals surface area (Å²) in [5.74, 6) is 2.27. The average Bonchev–Trinajstić information content (AvgIpc) is 2.98. The van der Waals surface area contributed by atoms with E-state index < -0.39 is 0 Å². The summed E-state index contributed by atoms with van der Waals surface area (Å²) in [4.78, 5) is 23.5. The number of morpholine rings is 1. The van der Waals surface area contributed by atoms with Crippen molar-refractivity contribution in [3.8, 4) is 11.4 Å². The van der Waals surface area contributed by atoms with Crippen LogP contribution in [0.5, 0.6) is 0 Å². The Morgan fingerprint density at radius 1 is 0.815 bits per heavy atom. The molecule has 0 amide bonds. The van der Waals surface area contributed by atoms with E-state index in [9.17, 15) is 0 Å². The quantitative estimate of drug-likeness (QED) is 0.825. The molecular formula is C20H28N6O. The third kappa shape index (κ3) is 4.18. The van der Waals surface area contributed by atoms with Crippen LogP contribution in [0.3, 0.4) is 0 Å². The van der Waals surface area contributed by atoms with Gasteiger partial charge in [0.1, 0.15) is 0 Å². The predicted octanol–water partition coefficient (Wildman–Crippen LogP) is 2.77. The van der Waals surface area contributed by atoms with E-state index in [-0.39, 0.29) is 0 Å². The summed E-state index contributed by atoms with van der Waals surface area (Å²) in [5, 5.41) is 0. The summed E-state index contributed by atoms with van der Waals surface area (Å²) in [6.45, 7) is 9.17. The van der Waals surface area contributed by atoms with Gasteiger partial charge in [0, 0.05) is 43.6 Å². The molecule has 2 aromatic heterocycles. The highest BCUT2D eigenvalue weighted by Crippen LogP contribution is 2.25. The first-order chi connectivity index (χ1) is 13.2. The van der Waals surface area contributed by atoms with Crippen LogP contribution in [0.15, 0.2) is 12.3 Å². The van der Waals surface area contributed by atoms with Gasteiger partial charge in [-0.25, -0.2) is 0 Å². The number of hydrogen-bond donors (Lipinski definition) is 0. The Balaban J connectivity index is 1.75. The fourth-order valence-corrected chi connectivity index (χ4v) is 3.72. The molecule has 0 aliphatic carbocycles. The molecule has 0 bridgehead atoms. The molecule has 27 heavy (non-hydrogen) atoms. The van der Waals surface area contributed by atoms with Crippen LogP contribution in [0.1, 0.15) is 36.9 Å². The summed E-state index contributed by atoms with van der Waals surface area (Å²) < 4.78 is 5.50. The van der Waals surface area contributed by atoms with Gasteiger partial charge >= 0.3 is 0 Å². The first-order valence-electron chi connectivity index (χ1n) is 9.98. The van der Waals surface area contributed by atoms with Crippen molar-refractivity contribution in [3.63, 3.8) is 0 Å². The van der Waals surface area contributed by atoms with Crippen molar-refractivity contribution in [2.45, 2.75) is 39.5 Å². The lowest BCUT2D eigenvalue weighted by molar-refractivity contribution is 0.122. The average molecular weight is 368 g/mol. The van der Waals surface area contributed by atoms with Crippen LogP contribution >= 0.6 is 0 Å². The third-order valence-corrected chi connectivity index (χ3v) is 5.28. The largest absolute Gasteiger partial charge is 0.378 e. The Morgan fingerprint density at radius 3 is 2.07 bits per heavy atom. The predicted molar refractivity (Wildman–Crippen MR) is 106 cm³/mol.